The van der Waals surface area contributed by atoms with E-state index in [1.807, 2.05) is 0 Å². The SMILES string of the molecule is CC(C)(O)c1ccc2c(c1)/C(=N/Nc1ccc(S(N)(=O)=O)cc1)C(=O)N2. The van der Waals surface area contributed by atoms with E-state index in [1.165, 1.54) is 24.3 Å². The Hall–Kier alpha value is -2.75. The second kappa shape index (κ2) is 6.20. The van der Waals surface area contributed by atoms with Gasteiger partial charge in [0.2, 0.25) is 10.0 Å². The van der Waals surface area contributed by atoms with Gasteiger partial charge < -0.3 is 10.4 Å². The van der Waals surface area contributed by atoms with E-state index in [2.05, 4.69) is 15.8 Å². The Morgan fingerprint density at radius 3 is 2.38 bits per heavy atom. The first kappa shape index (κ1) is 18.1. The normalized spacial score (nSPS) is 15.7. The predicted molar refractivity (Wildman–Crippen MR) is 98.3 cm³/mol. The van der Waals surface area contributed by atoms with Crippen LogP contribution in [0.5, 0.6) is 0 Å². The molecule has 0 aliphatic carbocycles. The highest BCUT2D eigenvalue weighted by atomic mass is 32.2. The number of hydrogen-bond donors (Lipinski definition) is 4. The molecule has 5 N–H and O–H groups in total. The lowest BCUT2D eigenvalue weighted by atomic mass is 9.95. The van der Waals surface area contributed by atoms with Gasteiger partial charge in [-0.3, -0.25) is 10.2 Å². The number of carbonyl (C=O) groups excluding carboxylic acids is 1. The summed E-state index contributed by atoms with van der Waals surface area (Å²) in [6.45, 7) is 3.31. The van der Waals surface area contributed by atoms with Crippen LogP contribution in [-0.2, 0) is 20.4 Å². The Balaban J connectivity index is 1.90. The molecule has 0 radical (unpaired) electrons. The number of hydrogen-bond acceptors (Lipinski definition) is 6. The highest BCUT2D eigenvalue weighted by Crippen LogP contribution is 2.29. The van der Waals surface area contributed by atoms with Crippen LogP contribution in [-0.4, -0.2) is 25.1 Å². The standard InChI is InChI=1S/C17H18N4O4S/c1-17(2,23)10-3-8-14-13(9-10)15(16(22)19-14)21-20-11-4-6-12(7-5-11)26(18,24)25/h3-9,20,23H,1-2H3,(H2,18,24,25)(H,19,21,22). The summed E-state index contributed by atoms with van der Waals surface area (Å²) in [6.07, 6.45) is 0. The first-order valence-electron chi connectivity index (χ1n) is 7.71. The van der Waals surface area contributed by atoms with Crippen LogP contribution in [0.2, 0.25) is 0 Å². The Bertz CT molecular complexity index is 1010. The van der Waals surface area contributed by atoms with Crippen molar-refractivity contribution in [1.29, 1.82) is 0 Å². The van der Waals surface area contributed by atoms with E-state index in [9.17, 15) is 18.3 Å². The van der Waals surface area contributed by atoms with Crippen LogP contribution in [0.1, 0.15) is 25.0 Å². The molecule has 0 atom stereocenters. The molecule has 8 nitrogen and oxygen atoms in total. The molecule has 2 aromatic rings. The van der Waals surface area contributed by atoms with Gasteiger partial charge in [0, 0.05) is 5.56 Å². The number of hydrazone groups is 1. The molecular formula is C17H18N4O4S. The molecule has 136 valence electrons. The maximum atomic E-state index is 12.2. The van der Waals surface area contributed by atoms with E-state index >= 15 is 0 Å². The van der Waals surface area contributed by atoms with E-state index in [0.717, 1.165) is 0 Å². The number of nitrogens with zero attached hydrogens (tertiary/aromatic N) is 1. The summed E-state index contributed by atoms with van der Waals surface area (Å²) in [5.74, 6) is -0.374. The van der Waals surface area contributed by atoms with Crippen molar-refractivity contribution in [3.8, 4) is 0 Å². The van der Waals surface area contributed by atoms with E-state index in [1.54, 1.807) is 32.0 Å². The monoisotopic (exact) mass is 374 g/mol. The third-order valence-corrected chi connectivity index (χ3v) is 4.85. The Labute approximate surface area is 150 Å². The van der Waals surface area contributed by atoms with Crippen LogP contribution in [0.3, 0.4) is 0 Å². The van der Waals surface area contributed by atoms with Gasteiger partial charge in [-0.05, 0) is 55.8 Å². The van der Waals surface area contributed by atoms with Crippen LogP contribution in [0.25, 0.3) is 0 Å². The van der Waals surface area contributed by atoms with Crippen molar-refractivity contribution >= 4 is 33.0 Å². The third-order valence-electron chi connectivity index (χ3n) is 3.92. The van der Waals surface area contributed by atoms with Gasteiger partial charge in [0.25, 0.3) is 5.91 Å². The summed E-state index contributed by atoms with van der Waals surface area (Å²) in [4.78, 5) is 12.1. The fourth-order valence-corrected chi connectivity index (χ4v) is 3.00. The lowest BCUT2D eigenvalue weighted by Gasteiger charge is -2.18. The topological polar surface area (TPSA) is 134 Å². The molecular weight excluding hydrogens is 356 g/mol. The molecule has 0 fully saturated rings. The van der Waals surface area contributed by atoms with Gasteiger partial charge in [0.15, 0.2) is 5.71 Å². The van der Waals surface area contributed by atoms with Crippen LogP contribution >= 0.6 is 0 Å². The van der Waals surface area contributed by atoms with Crippen molar-refractivity contribution in [2.24, 2.45) is 10.2 Å². The molecule has 2 aromatic carbocycles. The number of anilines is 2. The van der Waals surface area contributed by atoms with Crippen molar-refractivity contribution < 1.29 is 18.3 Å². The predicted octanol–water partition coefficient (Wildman–Crippen LogP) is 1.33. The van der Waals surface area contributed by atoms with Crippen LogP contribution < -0.4 is 15.9 Å². The van der Waals surface area contributed by atoms with Gasteiger partial charge in [-0.15, -0.1) is 0 Å². The third kappa shape index (κ3) is 3.59. The van der Waals surface area contributed by atoms with Crippen molar-refractivity contribution in [3.05, 3.63) is 53.6 Å². The molecule has 0 saturated carbocycles. The second-order valence-corrected chi connectivity index (χ2v) is 7.98. The minimum atomic E-state index is -3.77. The van der Waals surface area contributed by atoms with Gasteiger partial charge in [-0.1, -0.05) is 6.07 Å². The highest BCUT2D eigenvalue weighted by molar-refractivity contribution is 7.89. The number of carbonyl (C=O) groups is 1. The van der Waals surface area contributed by atoms with Gasteiger partial charge >= 0.3 is 0 Å². The van der Waals surface area contributed by atoms with Crippen molar-refractivity contribution in [2.45, 2.75) is 24.3 Å². The van der Waals surface area contributed by atoms with Crippen molar-refractivity contribution in [1.82, 2.24) is 0 Å². The van der Waals surface area contributed by atoms with Crippen LogP contribution in [0.4, 0.5) is 11.4 Å². The zero-order chi connectivity index (χ0) is 19.1. The number of rotatable bonds is 4. The average Bonchev–Trinajstić information content (AvgIpc) is 2.86. The molecule has 1 aliphatic heterocycles. The molecule has 3 rings (SSSR count). The van der Waals surface area contributed by atoms with Gasteiger partial charge in [0.05, 0.1) is 21.9 Å². The molecule has 0 bridgehead atoms. The first-order valence-corrected chi connectivity index (χ1v) is 9.25. The Morgan fingerprint density at radius 2 is 1.81 bits per heavy atom. The number of benzene rings is 2. The molecule has 1 amide bonds. The number of fused-ring (bicyclic) bond motifs is 1. The minimum Gasteiger partial charge on any atom is -0.386 e. The van der Waals surface area contributed by atoms with Crippen molar-refractivity contribution in [2.75, 3.05) is 10.7 Å². The zero-order valence-electron chi connectivity index (χ0n) is 14.1. The van der Waals surface area contributed by atoms with E-state index in [0.29, 0.717) is 22.5 Å². The molecule has 9 heteroatoms. The molecule has 1 aliphatic rings. The smallest absolute Gasteiger partial charge is 0.276 e. The molecule has 0 saturated heterocycles. The van der Waals surface area contributed by atoms with E-state index in [4.69, 9.17) is 5.14 Å². The Kier molecular flexibility index (Phi) is 4.31. The average molecular weight is 374 g/mol. The number of nitrogens with two attached hydrogens (primary N) is 1. The molecule has 0 unspecified atom stereocenters. The second-order valence-electron chi connectivity index (χ2n) is 6.42. The quantitative estimate of drug-likeness (QED) is 0.599. The van der Waals surface area contributed by atoms with Gasteiger partial charge in [-0.25, -0.2) is 13.6 Å². The molecule has 26 heavy (non-hydrogen) atoms. The van der Waals surface area contributed by atoms with E-state index in [-0.39, 0.29) is 16.5 Å². The summed E-state index contributed by atoms with van der Waals surface area (Å²) >= 11 is 0. The molecule has 0 aromatic heterocycles. The number of primary sulfonamides is 1. The van der Waals surface area contributed by atoms with Gasteiger partial charge in [0.1, 0.15) is 0 Å². The summed E-state index contributed by atoms with van der Waals surface area (Å²) < 4.78 is 22.5. The van der Waals surface area contributed by atoms with Crippen LogP contribution in [0.15, 0.2) is 52.5 Å². The number of sulfonamides is 1. The number of aliphatic hydroxyl groups is 1. The maximum Gasteiger partial charge on any atom is 0.276 e. The minimum absolute atomic E-state index is 0.0190. The fraction of sp³-hybridized carbons (Fsp3) is 0.176. The maximum absolute atomic E-state index is 12.2. The molecule has 1 heterocycles. The number of amides is 1. The fourth-order valence-electron chi connectivity index (χ4n) is 2.48. The Morgan fingerprint density at radius 1 is 1.15 bits per heavy atom. The number of nitrogens with one attached hydrogen (secondary N) is 2. The van der Waals surface area contributed by atoms with Crippen molar-refractivity contribution in [3.63, 3.8) is 0 Å². The summed E-state index contributed by atoms with van der Waals surface area (Å²) in [5.41, 5.74) is 4.16. The zero-order valence-corrected chi connectivity index (χ0v) is 15.0. The first-order chi connectivity index (χ1) is 12.1. The van der Waals surface area contributed by atoms with E-state index < -0.39 is 15.6 Å². The molecule has 0 spiro atoms. The lowest BCUT2D eigenvalue weighted by molar-refractivity contribution is -0.110. The van der Waals surface area contributed by atoms with Crippen LogP contribution in [0, 0.1) is 0 Å². The highest BCUT2D eigenvalue weighted by Gasteiger charge is 2.28. The summed E-state index contributed by atoms with van der Waals surface area (Å²) in [7, 11) is -3.77. The summed E-state index contributed by atoms with van der Waals surface area (Å²) in [6, 6.07) is 10.8. The lowest BCUT2D eigenvalue weighted by Crippen LogP contribution is -2.17. The largest absolute Gasteiger partial charge is 0.386 e. The summed E-state index contributed by atoms with van der Waals surface area (Å²) in [5, 5.41) is 22.0. The van der Waals surface area contributed by atoms with Gasteiger partial charge in [-0.2, -0.15) is 5.10 Å².